The van der Waals surface area contributed by atoms with E-state index in [2.05, 4.69) is 24.2 Å². The molecule has 0 N–H and O–H groups in total. The molecule has 2 aromatic rings. The zero-order chi connectivity index (χ0) is 21.1. The van der Waals surface area contributed by atoms with Crippen LogP contribution in [0.1, 0.15) is 56.2 Å². The average molecular weight is 408 g/mol. The van der Waals surface area contributed by atoms with E-state index in [0.29, 0.717) is 0 Å². The fourth-order valence-electron chi connectivity index (χ4n) is 3.13. The van der Waals surface area contributed by atoms with Gasteiger partial charge in [0.1, 0.15) is 5.78 Å². The molecule has 1 aliphatic rings. The third-order valence-electron chi connectivity index (χ3n) is 4.89. The molecule has 0 radical (unpaired) electrons. The molecular weight excluding hydrogens is 386 g/mol. The van der Waals surface area contributed by atoms with Crippen molar-refractivity contribution in [1.82, 2.24) is 9.61 Å². The number of nitrogens with zero attached hydrogens (tertiary/aromatic N) is 2. The normalized spacial score (nSPS) is 15.3. The smallest absolute Gasteiger partial charge is 0.300 e. The van der Waals surface area contributed by atoms with Gasteiger partial charge in [-0.15, -0.1) is 0 Å². The van der Waals surface area contributed by atoms with Crippen molar-refractivity contribution in [2.24, 2.45) is 5.92 Å². The van der Waals surface area contributed by atoms with Crippen molar-refractivity contribution in [3.05, 3.63) is 35.7 Å². The van der Waals surface area contributed by atoms with Gasteiger partial charge >= 0.3 is 12.4 Å². The van der Waals surface area contributed by atoms with Gasteiger partial charge in [-0.3, -0.25) is 4.79 Å². The molecule has 3 nitrogen and oxygen atoms in total. The molecule has 0 bridgehead atoms. The van der Waals surface area contributed by atoms with Gasteiger partial charge in [0.2, 0.25) is 0 Å². The number of hydrogen-bond donors (Lipinski definition) is 0. The summed E-state index contributed by atoms with van der Waals surface area (Å²) in [6.07, 6.45) is -6.58. The number of rotatable bonds is 4. The van der Waals surface area contributed by atoms with Crippen molar-refractivity contribution < 1.29 is 31.1 Å². The number of hydrogen-bond acceptors (Lipinski definition) is 2. The summed E-state index contributed by atoms with van der Waals surface area (Å²) in [4.78, 5) is 10.5. The van der Waals surface area contributed by atoms with Crippen molar-refractivity contribution in [1.29, 1.82) is 0 Å². The second-order valence-corrected chi connectivity index (χ2v) is 6.89. The fourth-order valence-corrected chi connectivity index (χ4v) is 3.13. The summed E-state index contributed by atoms with van der Waals surface area (Å²) >= 11 is 0. The van der Waals surface area contributed by atoms with Gasteiger partial charge in [-0.1, -0.05) is 19.4 Å². The summed E-state index contributed by atoms with van der Waals surface area (Å²) in [6, 6.07) is 6.30. The number of aryl methyl sites for hydroxylation is 1. The molecule has 3 rings (SSSR count). The Hall–Kier alpha value is -2.06. The van der Waals surface area contributed by atoms with Crippen LogP contribution in [0.25, 0.3) is 5.52 Å². The molecule has 0 amide bonds. The predicted octanol–water partition coefficient (Wildman–Crippen LogP) is 6.01. The summed E-state index contributed by atoms with van der Waals surface area (Å²) < 4.78 is 73.0. The van der Waals surface area contributed by atoms with Crippen LogP contribution in [0.5, 0.6) is 0 Å². The molecule has 9 heteroatoms. The van der Waals surface area contributed by atoms with E-state index in [4.69, 9.17) is 0 Å². The standard InChI is InChI=1S/C12H14N2.C7H8F6O/c1-9-12(10-5-4-6-10)11-7-2-3-8-14(11)13-9;1-2-4(14)3-5(6(8,9)10)7(11,12)13/h2-3,7-8,10H,4-6H2,1H3;5H,2-3H2,1H3. The van der Waals surface area contributed by atoms with E-state index < -0.39 is 30.5 Å². The molecule has 0 spiro atoms. The van der Waals surface area contributed by atoms with Crippen molar-refractivity contribution >= 4 is 11.3 Å². The third-order valence-corrected chi connectivity index (χ3v) is 4.89. The van der Waals surface area contributed by atoms with Gasteiger partial charge in [0.15, 0.2) is 5.92 Å². The van der Waals surface area contributed by atoms with Crippen molar-refractivity contribution in [3.8, 4) is 0 Å². The van der Waals surface area contributed by atoms with E-state index in [1.165, 1.54) is 43.0 Å². The second kappa shape index (κ2) is 8.53. The first kappa shape index (κ1) is 22.2. The van der Waals surface area contributed by atoms with Gasteiger partial charge in [-0.25, -0.2) is 4.52 Å². The van der Waals surface area contributed by atoms with Crippen LogP contribution in [0.15, 0.2) is 24.4 Å². The highest BCUT2D eigenvalue weighted by molar-refractivity contribution is 5.78. The highest BCUT2D eigenvalue weighted by Gasteiger charge is 2.56. The predicted molar refractivity (Wildman–Crippen MR) is 92.0 cm³/mol. The van der Waals surface area contributed by atoms with E-state index >= 15 is 0 Å². The van der Waals surface area contributed by atoms with Gasteiger partial charge in [0, 0.05) is 24.6 Å². The quantitative estimate of drug-likeness (QED) is 0.581. The Morgan fingerprint density at radius 1 is 1.18 bits per heavy atom. The van der Waals surface area contributed by atoms with Crippen LogP contribution in [0.2, 0.25) is 0 Å². The van der Waals surface area contributed by atoms with Crippen molar-refractivity contribution in [3.63, 3.8) is 0 Å². The van der Waals surface area contributed by atoms with E-state index in [-0.39, 0.29) is 6.42 Å². The number of carbonyl (C=O) groups excluding carboxylic acids is 1. The Balaban J connectivity index is 0.000000200. The van der Waals surface area contributed by atoms with Crippen LogP contribution in [-0.4, -0.2) is 27.7 Å². The van der Waals surface area contributed by atoms with E-state index in [0.717, 1.165) is 5.92 Å². The lowest BCUT2D eigenvalue weighted by molar-refractivity contribution is -0.284. The SMILES string of the molecule is CCC(=O)CC(C(F)(F)F)C(F)(F)F.Cc1nn2ccccc2c1C1CCC1. The fraction of sp³-hybridized carbons (Fsp3) is 0.579. The first-order chi connectivity index (χ1) is 12.9. The van der Waals surface area contributed by atoms with Gasteiger partial charge < -0.3 is 0 Å². The molecule has 156 valence electrons. The zero-order valence-electron chi connectivity index (χ0n) is 15.6. The Morgan fingerprint density at radius 2 is 1.79 bits per heavy atom. The van der Waals surface area contributed by atoms with Crippen LogP contribution < -0.4 is 0 Å². The number of halogens is 6. The van der Waals surface area contributed by atoms with E-state index in [1.807, 2.05) is 16.8 Å². The Labute approximate surface area is 158 Å². The van der Waals surface area contributed by atoms with Crippen molar-refractivity contribution in [2.45, 2.75) is 64.2 Å². The molecule has 0 aliphatic heterocycles. The van der Waals surface area contributed by atoms with Gasteiger partial charge in [0.05, 0.1) is 11.2 Å². The van der Waals surface area contributed by atoms with Crippen molar-refractivity contribution in [2.75, 3.05) is 0 Å². The monoisotopic (exact) mass is 408 g/mol. The molecule has 2 aromatic heterocycles. The van der Waals surface area contributed by atoms with Crippen LogP contribution in [0.3, 0.4) is 0 Å². The Kier molecular flexibility index (Phi) is 6.77. The third kappa shape index (κ3) is 5.26. The largest absolute Gasteiger partial charge is 0.400 e. The minimum absolute atomic E-state index is 0.331. The number of carbonyl (C=O) groups is 1. The summed E-state index contributed by atoms with van der Waals surface area (Å²) in [6.45, 7) is 3.34. The molecule has 0 saturated heterocycles. The Morgan fingerprint density at radius 3 is 2.25 bits per heavy atom. The highest BCUT2D eigenvalue weighted by atomic mass is 19.4. The molecule has 0 unspecified atom stereocenters. The van der Waals surface area contributed by atoms with Crippen LogP contribution in [0, 0.1) is 12.8 Å². The van der Waals surface area contributed by atoms with E-state index in [9.17, 15) is 31.1 Å². The number of fused-ring (bicyclic) bond motifs is 1. The molecule has 0 aromatic carbocycles. The summed E-state index contributed by atoms with van der Waals surface area (Å²) in [5, 5.41) is 4.53. The number of alkyl halides is 6. The Bertz CT molecular complexity index is 791. The molecule has 1 fully saturated rings. The first-order valence-corrected chi connectivity index (χ1v) is 9.04. The maximum absolute atomic E-state index is 11.8. The lowest BCUT2D eigenvalue weighted by atomic mass is 9.79. The molecular formula is C19H22F6N2O. The highest BCUT2D eigenvalue weighted by Crippen LogP contribution is 2.41. The molecule has 1 saturated carbocycles. The maximum atomic E-state index is 11.8. The first-order valence-electron chi connectivity index (χ1n) is 9.04. The second-order valence-electron chi connectivity index (χ2n) is 6.89. The number of ketones is 1. The number of Topliss-reactive ketones (excluding diaryl/α,β-unsaturated/α-hetero) is 1. The minimum atomic E-state index is -5.41. The molecule has 0 atom stereocenters. The lowest BCUT2D eigenvalue weighted by Gasteiger charge is -2.25. The molecule has 2 heterocycles. The lowest BCUT2D eigenvalue weighted by Crippen LogP contribution is -2.37. The summed E-state index contributed by atoms with van der Waals surface area (Å²) in [5.74, 6) is -3.82. The number of pyridine rings is 1. The topological polar surface area (TPSA) is 34.4 Å². The zero-order valence-corrected chi connectivity index (χ0v) is 15.6. The molecule has 1 aliphatic carbocycles. The van der Waals surface area contributed by atoms with Gasteiger partial charge in [-0.2, -0.15) is 31.4 Å². The number of aromatic nitrogens is 2. The van der Waals surface area contributed by atoms with Crippen LogP contribution in [0.4, 0.5) is 26.3 Å². The summed E-state index contributed by atoms with van der Waals surface area (Å²) in [5.41, 5.74) is 3.99. The van der Waals surface area contributed by atoms with E-state index in [1.54, 1.807) is 0 Å². The van der Waals surface area contributed by atoms with Crippen LogP contribution >= 0.6 is 0 Å². The molecule has 28 heavy (non-hydrogen) atoms. The maximum Gasteiger partial charge on any atom is 0.400 e. The van der Waals surface area contributed by atoms with Gasteiger partial charge in [0.25, 0.3) is 0 Å². The summed E-state index contributed by atoms with van der Waals surface area (Å²) in [7, 11) is 0. The minimum Gasteiger partial charge on any atom is -0.300 e. The van der Waals surface area contributed by atoms with Crippen LogP contribution in [-0.2, 0) is 4.79 Å². The average Bonchev–Trinajstić information content (AvgIpc) is 2.86. The van der Waals surface area contributed by atoms with Gasteiger partial charge in [-0.05, 0) is 37.8 Å².